The summed E-state index contributed by atoms with van der Waals surface area (Å²) in [4.78, 5) is 0. The standard InChI is InChI=1S/C12H24O/c1-6-13-12(5)8-10(2)7-11(3,4)9-12/h10H,6-9H2,1-5H3. The number of rotatable bonds is 2. The number of hydrogen-bond acceptors (Lipinski definition) is 1. The van der Waals surface area contributed by atoms with E-state index >= 15 is 0 Å². The van der Waals surface area contributed by atoms with Crippen LogP contribution in [-0.4, -0.2) is 12.2 Å². The monoisotopic (exact) mass is 184 g/mol. The minimum atomic E-state index is 0.135. The van der Waals surface area contributed by atoms with E-state index in [9.17, 15) is 0 Å². The fraction of sp³-hybridized carbons (Fsp3) is 1.00. The van der Waals surface area contributed by atoms with Gasteiger partial charge in [0, 0.05) is 6.61 Å². The lowest BCUT2D eigenvalue weighted by molar-refractivity contribution is -0.0943. The normalized spacial score (nSPS) is 39.0. The van der Waals surface area contributed by atoms with E-state index in [0.717, 1.165) is 12.5 Å². The summed E-state index contributed by atoms with van der Waals surface area (Å²) in [5.74, 6) is 0.806. The molecule has 13 heavy (non-hydrogen) atoms. The molecule has 0 radical (unpaired) electrons. The van der Waals surface area contributed by atoms with Crippen LogP contribution in [0.15, 0.2) is 0 Å². The van der Waals surface area contributed by atoms with E-state index in [2.05, 4.69) is 34.6 Å². The van der Waals surface area contributed by atoms with E-state index in [0.29, 0.717) is 5.41 Å². The largest absolute Gasteiger partial charge is 0.376 e. The van der Waals surface area contributed by atoms with Crippen molar-refractivity contribution in [1.29, 1.82) is 0 Å². The third kappa shape index (κ3) is 2.98. The lowest BCUT2D eigenvalue weighted by atomic mass is 9.66. The molecule has 1 heteroatoms. The van der Waals surface area contributed by atoms with Crippen molar-refractivity contribution >= 4 is 0 Å². The van der Waals surface area contributed by atoms with Crippen molar-refractivity contribution in [3.05, 3.63) is 0 Å². The Morgan fingerprint density at radius 1 is 1.23 bits per heavy atom. The van der Waals surface area contributed by atoms with Crippen molar-refractivity contribution in [3.63, 3.8) is 0 Å². The zero-order valence-electron chi connectivity index (χ0n) is 9.81. The van der Waals surface area contributed by atoms with Crippen LogP contribution < -0.4 is 0 Å². The zero-order chi connectivity index (χ0) is 10.1. The van der Waals surface area contributed by atoms with Crippen molar-refractivity contribution in [2.45, 2.75) is 59.5 Å². The van der Waals surface area contributed by atoms with Crippen LogP contribution in [0.5, 0.6) is 0 Å². The summed E-state index contributed by atoms with van der Waals surface area (Å²) in [6.45, 7) is 12.3. The lowest BCUT2D eigenvalue weighted by Crippen LogP contribution is -2.41. The van der Waals surface area contributed by atoms with Gasteiger partial charge in [-0.15, -0.1) is 0 Å². The highest BCUT2D eigenvalue weighted by atomic mass is 16.5. The first-order valence-corrected chi connectivity index (χ1v) is 5.51. The van der Waals surface area contributed by atoms with Gasteiger partial charge in [0.2, 0.25) is 0 Å². The third-order valence-electron chi connectivity index (χ3n) is 3.03. The van der Waals surface area contributed by atoms with Crippen LogP contribution in [0.1, 0.15) is 53.9 Å². The molecule has 78 valence electrons. The Bertz CT molecular complexity index is 174. The second-order valence-electron chi connectivity index (χ2n) is 5.74. The molecule has 0 bridgehead atoms. The van der Waals surface area contributed by atoms with Crippen LogP contribution in [0, 0.1) is 11.3 Å². The maximum atomic E-state index is 5.88. The van der Waals surface area contributed by atoms with Gasteiger partial charge in [-0.05, 0) is 44.4 Å². The predicted molar refractivity (Wildman–Crippen MR) is 56.8 cm³/mol. The summed E-state index contributed by atoms with van der Waals surface area (Å²) < 4.78 is 5.88. The summed E-state index contributed by atoms with van der Waals surface area (Å²) in [6, 6.07) is 0. The summed E-state index contributed by atoms with van der Waals surface area (Å²) in [7, 11) is 0. The summed E-state index contributed by atoms with van der Waals surface area (Å²) >= 11 is 0. The lowest BCUT2D eigenvalue weighted by Gasteiger charge is -2.45. The zero-order valence-corrected chi connectivity index (χ0v) is 9.81. The fourth-order valence-corrected chi connectivity index (χ4v) is 3.37. The van der Waals surface area contributed by atoms with Gasteiger partial charge in [0.05, 0.1) is 5.60 Å². The molecule has 0 aromatic carbocycles. The Kier molecular flexibility index (Phi) is 3.06. The Balaban J connectivity index is 2.66. The van der Waals surface area contributed by atoms with E-state index in [4.69, 9.17) is 4.74 Å². The van der Waals surface area contributed by atoms with E-state index in [1.165, 1.54) is 19.3 Å². The predicted octanol–water partition coefficient (Wildman–Crippen LogP) is 3.63. The number of ether oxygens (including phenoxy) is 1. The highest BCUT2D eigenvalue weighted by Crippen LogP contribution is 2.45. The molecule has 0 N–H and O–H groups in total. The highest BCUT2D eigenvalue weighted by molar-refractivity contribution is 4.91. The van der Waals surface area contributed by atoms with Crippen molar-refractivity contribution < 1.29 is 4.74 Å². The first-order chi connectivity index (χ1) is 5.87. The maximum absolute atomic E-state index is 5.88. The van der Waals surface area contributed by atoms with Gasteiger partial charge in [0.15, 0.2) is 0 Å². The minimum absolute atomic E-state index is 0.135. The van der Waals surface area contributed by atoms with Crippen molar-refractivity contribution in [3.8, 4) is 0 Å². The molecule has 1 aliphatic rings. The second-order valence-corrected chi connectivity index (χ2v) is 5.74. The number of hydrogen-bond donors (Lipinski definition) is 0. The van der Waals surface area contributed by atoms with Gasteiger partial charge >= 0.3 is 0 Å². The third-order valence-corrected chi connectivity index (χ3v) is 3.03. The molecular formula is C12H24O. The fourth-order valence-electron chi connectivity index (χ4n) is 3.37. The van der Waals surface area contributed by atoms with Crippen LogP contribution in [0.25, 0.3) is 0 Å². The molecule has 2 unspecified atom stereocenters. The van der Waals surface area contributed by atoms with Crippen molar-refractivity contribution in [2.75, 3.05) is 6.61 Å². The van der Waals surface area contributed by atoms with Crippen LogP contribution in [0.3, 0.4) is 0 Å². The molecule has 0 amide bonds. The van der Waals surface area contributed by atoms with Crippen LogP contribution in [-0.2, 0) is 4.74 Å². The Hall–Kier alpha value is -0.0400. The van der Waals surface area contributed by atoms with Gasteiger partial charge in [-0.2, -0.15) is 0 Å². The molecule has 0 saturated heterocycles. The van der Waals surface area contributed by atoms with Crippen molar-refractivity contribution in [2.24, 2.45) is 11.3 Å². The first-order valence-electron chi connectivity index (χ1n) is 5.51. The topological polar surface area (TPSA) is 9.23 Å². The molecule has 0 heterocycles. The van der Waals surface area contributed by atoms with Gasteiger partial charge in [-0.3, -0.25) is 0 Å². The SMILES string of the molecule is CCOC1(C)CC(C)CC(C)(C)C1. The maximum Gasteiger partial charge on any atom is 0.0662 e. The van der Waals surface area contributed by atoms with Gasteiger partial charge in [0.1, 0.15) is 0 Å². The summed E-state index contributed by atoms with van der Waals surface area (Å²) in [5.41, 5.74) is 0.595. The average Bonchev–Trinajstić information content (AvgIpc) is 1.78. The second kappa shape index (κ2) is 3.61. The Labute approximate surface area is 82.9 Å². The molecule has 0 spiro atoms. The van der Waals surface area contributed by atoms with Crippen LogP contribution in [0.4, 0.5) is 0 Å². The summed E-state index contributed by atoms with van der Waals surface area (Å²) in [5, 5.41) is 0. The molecule has 0 aromatic heterocycles. The smallest absolute Gasteiger partial charge is 0.0662 e. The molecule has 1 nitrogen and oxygen atoms in total. The minimum Gasteiger partial charge on any atom is -0.376 e. The summed E-state index contributed by atoms with van der Waals surface area (Å²) in [6.07, 6.45) is 3.78. The molecule has 1 fully saturated rings. The van der Waals surface area contributed by atoms with Gasteiger partial charge in [0.25, 0.3) is 0 Å². The Morgan fingerprint density at radius 2 is 1.85 bits per heavy atom. The molecule has 0 aromatic rings. The molecule has 2 atom stereocenters. The van der Waals surface area contributed by atoms with E-state index < -0.39 is 0 Å². The average molecular weight is 184 g/mol. The highest BCUT2D eigenvalue weighted by Gasteiger charge is 2.40. The first kappa shape index (κ1) is 11.0. The van der Waals surface area contributed by atoms with Gasteiger partial charge in [-0.1, -0.05) is 20.8 Å². The van der Waals surface area contributed by atoms with E-state index in [1.807, 2.05) is 0 Å². The Morgan fingerprint density at radius 3 is 2.31 bits per heavy atom. The van der Waals surface area contributed by atoms with E-state index in [1.54, 1.807) is 0 Å². The molecule has 0 aliphatic heterocycles. The molecule has 1 rings (SSSR count). The van der Waals surface area contributed by atoms with Crippen LogP contribution in [0.2, 0.25) is 0 Å². The molecule has 1 saturated carbocycles. The van der Waals surface area contributed by atoms with Crippen LogP contribution >= 0.6 is 0 Å². The molecule has 1 aliphatic carbocycles. The van der Waals surface area contributed by atoms with Gasteiger partial charge in [-0.25, -0.2) is 0 Å². The molecular weight excluding hydrogens is 160 g/mol. The van der Waals surface area contributed by atoms with Crippen molar-refractivity contribution in [1.82, 2.24) is 0 Å². The quantitative estimate of drug-likeness (QED) is 0.637. The van der Waals surface area contributed by atoms with Gasteiger partial charge < -0.3 is 4.74 Å². The van der Waals surface area contributed by atoms with E-state index in [-0.39, 0.29) is 5.60 Å².